The molecule has 3 rings (SSSR count). The van der Waals surface area contributed by atoms with Crippen molar-refractivity contribution in [3.05, 3.63) is 29.8 Å². The SMILES string of the molecule is CC(C)(C)C(=O)NC1CCN(c2ccccc2C(=O)NC[C@@H]2CCCO2)CC1. The molecule has 2 N–H and O–H groups in total. The standard InChI is InChI=1S/C22H33N3O3/c1-22(2,3)21(27)24-16-10-12-25(13-11-16)19-9-5-4-8-18(19)20(26)23-15-17-7-6-14-28-17/h4-5,8-9,16-17H,6-7,10-15H2,1-3H3,(H,23,26)(H,24,27)/t17-/m0/s1. The summed E-state index contributed by atoms with van der Waals surface area (Å²) in [5.74, 6) is 0.0501. The molecule has 2 aliphatic rings. The van der Waals surface area contributed by atoms with Crippen molar-refractivity contribution in [1.82, 2.24) is 10.6 Å². The minimum Gasteiger partial charge on any atom is -0.376 e. The molecule has 0 aromatic heterocycles. The topological polar surface area (TPSA) is 70.7 Å². The Bertz CT molecular complexity index is 685. The first-order chi connectivity index (χ1) is 13.3. The molecule has 2 amide bonds. The number of nitrogens with zero attached hydrogens (tertiary/aromatic N) is 1. The van der Waals surface area contributed by atoms with E-state index in [2.05, 4.69) is 15.5 Å². The van der Waals surface area contributed by atoms with Gasteiger partial charge in [-0.3, -0.25) is 9.59 Å². The first kappa shape index (κ1) is 20.6. The number of amides is 2. The van der Waals surface area contributed by atoms with Crippen LogP contribution in [-0.4, -0.2) is 50.2 Å². The summed E-state index contributed by atoms with van der Waals surface area (Å²) in [6.07, 6.45) is 3.98. The zero-order chi connectivity index (χ0) is 20.1. The van der Waals surface area contributed by atoms with Crippen molar-refractivity contribution in [2.24, 2.45) is 5.41 Å². The van der Waals surface area contributed by atoms with Gasteiger partial charge in [0.05, 0.1) is 11.7 Å². The average Bonchev–Trinajstić information content (AvgIpc) is 3.19. The molecule has 0 spiro atoms. The molecule has 1 aromatic rings. The molecule has 6 nitrogen and oxygen atoms in total. The number of carbonyl (C=O) groups is 2. The van der Waals surface area contributed by atoms with E-state index in [0.29, 0.717) is 12.1 Å². The number of piperidine rings is 1. The highest BCUT2D eigenvalue weighted by Gasteiger charge is 2.28. The molecule has 0 unspecified atom stereocenters. The zero-order valence-corrected chi connectivity index (χ0v) is 17.3. The lowest BCUT2D eigenvalue weighted by atomic mass is 9.94. The van der Waals surface area contributed by atoms with Crippen LogP contribution in [-0.2, 0) is 9.53 Å². The molecule has 2 fully saturated rings. The van der Waals surface area contributed by atoms with Crippen LogP contribution in [0.3, 0.4) is 0 Å². The van der Waals surface area contributed by atoms with Crippen molar-refractivity contribution in [3.8, 4) is 0 Å². The van der Waals surface area contributed by atoms with Crippen LogP contribution in [0.15, 0.2) is 24.3 Å². The number of para-hydroxylation sites is 1. The average molecular weight is 388 g/mol. The van der Waals surface area contributed by atoms with Crippen molar-refractivity contribution in [1.29, 1.82) is 0 Å². The summed E-state index contributed by atoms with van der Waals surface area (Å²) in [5, 5.41) is 6.19. The van der Waals surface area contributed by atoms with E-state index in [1.54, 1.807) is 0 Å². The van der Waals surface area contributed by atoms with E-state index >= 15 is 0 Å². The van der Waals surface area contributed by atoms with E-state index < -0.39 is 0 Å². The second kappa shape index (κ2) is 8.95. The van der Waals surface area contributed by atoms with E-state index in [4.69, 9.17) is 4.74 Å². The molecule has 0 saturated carbocycles. The second-order valence-electron chi connectivity index (χ2n) is 8.85. The number of benzene rings is 1. The maximum Gasteiger partial charge on any atom is 0.253 e. The first-order valence-corrected chi connectivity index (χ1v) is 10.4. The minimum atomic E-state index is -0.370. The summed E-state index contributed by atoms with van der Waals surface area (Å²) in [6.45, 7) is 8.80. The third-order valence-electron chi connectivity index (χ3n) is 5.52. The molecular weight excluding hydrogens is 354 g/mol. The molecule has 1 aromatic carbocycles. The van der Waals surface area contributed by atoms with Crippen LogP contribution < -0.4 is 15.5 Å². The lowest BCUT2D eigenvalue weighted by Gasteiger charge is -2.35. The number of hydrogen-bond donors (Lipinski definition) is 2. The molecule has 0 aliphatic carbocycles. The predicted octanol–water partition coefficient (Wildman–Crippen LogP) is 2.73. The van der Waals surface area contributed by atoms with Gasteiger partial charge in [-0.15, -0.1) is 0 Å². The largest absolute Gasteiger partial charge is 0.376 e. The summed E-state index contributed by atoms with van der Waals surface area (Å²) < 4.78 is 5.59. The second-order valence-corrected chi connectivity index (χ2v) is 8.85. The lowest BCUT2D eigenvalue weighted by Crippen LogP contribution is -2.48. The number of ether oxygens (including phenoxy) is 1. The first-order valence-electron chi connectivity index (χ1n) is 10.4. The van der Waals surface area contributed by atoms with Crippen LogP contribution in [0.25, 0.3) is 0 Å². The minimum absolute atomic E-state index is 0.0470. The Morgan fingerprint density at radius 1 is 1.14 bits per heavy atom. The van der Waals surface area contributed by atoms with Crippen molar-refractivity contribution in [2.45, 2.75) is 58.6 Å². The molecule has 28 heavy (non-hydrogen) atoms. The van der Waals surface area contributed by atoms with Crippen molar-refractivity contribution < 1.29 is 14.3 Å². The van der Waals surface area contributed by atoms with Crippen LogP contribution in [0.1, 0.15) is 56.8 Å². The highest BCUT2D eigenvalue weighted by molar-refractivity contribution is 5.99. The lowest BCUT2D eigenvalue weighted by molar-refractivity contribution is -0.129. The van der Waals surface area contributed by atoms with E-state index in [-0.39, 0.29) is 29.4 Å². The molecule has 0 radical (unpaired) electrons. The Balaban J connectivity index is 1.57. The summed E-state index contributed by atoms with van der Waals surface area (Å²) in [5.41, 5.74) is 1.30. The summed E-state index contributed by atoms with van der Waals surface area (Å²) in [4.78, 5) is 27.2. The summed E-state index contributed by atoms with van der Waals surface area (Å²) in [6, 6.07) is 7.96. The van der Waals surface area contributed by atoms with Gasteiger partial charge in [0.2, 0.25) is 5.91 Å². The highest BCUT2D eigenvalue weighted by atomic mass is 16.5. The Morgan fingerprint density at radius 2 is 1.86 bits per heavy atom. The normalized spacial score (nSPS) is 20.8. The zero-order valence-electron chi connectivity index (χ0n) is 17.3. The molecule has 0 bridgehead atoms. The van der Waals surface area contributed by atoms with Gasteiger partial charge >= 0.3 is 0 Å². The van der Waals surface area contributed by atoms with Gasteiger partial charge in [0, 0.05) is 43.4 Å². The van der Waals surface area contributed by atoms with E-state index in [0.717, 1.165) is 51.1 Å². The number of anilines is 1. The molecule has 1 atom stereocenters. The summed E-state index contributed by atoms with van der Waals surface area (Å²) >= 11 is 0. The fourth-order valence-electron chi connectivity index (χ4n) is 3.72. The van der Waals surface area contributed by atoms with Gasteiger partial charge in [0.1, 0.15) is 0 Å². The van der Waals surface area contributed by atoms with Crippen LogP contribution >= 0.6 is 0 Å². The fourth-order valence-corrected chi connectivity index (χ4v) is 3.72. The molecule has 6 heteroatoms. The van der Waals surface area contributed by atoms with Crippen molar-refractivity contribution in [3.63, 3.8) is 0 Å². The van der Waals surface area contributed by atoms with Crippen LogP contribution in [0, 0.1) is 5.41 Å². The van der Waals surface area contributed by atoms with E-state index in [1.807, 2.05) is 45.0 Å². The van der Waals surface area contributed by atoms with Gasteiger partial charge in [-0.05, 0) is 37.8 Å². The molecule has 2 heterocycles. The quantitative estimate of drug-likeness (QED) is 0.815. The van der Waals surface area contributed by atoms with Crippen LogP contribution in [0.4, 0.5) is 5.69 Å². The van der Waals surface area contributed by atoms with Gasteiger partial charge in [0.25, 0.3) is 5.91 Å². The van der Waals surface area contributed by atoms with Gasteiger partial charge < -0.3 is 20.3 Å². The van der Waals surface area contributed by atoms with Crippen LogP contribution in [0.2, 0.25) is 0 Å². The number of rotatable bonds is 5. The Labute approximate surface area is 168 Å². The maximum absolute atomic E-state index is 12.7. The monoisotopic (exact) mass is 387 g/mol. The summed E-state index contributed by atoms with van der Waals surface area (Å²) in [7, 11) is 0. The van der Waals surface area contributed by atoms with Gasteiger partial charge in [-0.1, -0.05) is 32.9 Å². The number of hydrogen-bond acceptors (Lipinski definition) is 4. The van der Waals surface area contributed by atoms with Crippen molar-refractivity contribution in [2.75, 3.05) is 31.1 Å². The van der Waals surface area contributed by atoms with Crippen molar-refractivity contribution >= 4 is 17.5 Å². The predicted molar refractivity (Wildman–Crippen MR) is 111 cm³/mol. The Kier molecular flexibility index (Phi) is 6.60. The molecule has 2 aliphatic heterocycles. The van der Waals surface area contributed by atoms with Crippen LogP contribution in [0.5, 0.6) is 0 Å². The molecule has 154 valence electrons. The highest BCUT2D eigenvalue weighted by Crippen LogP contribution is 2.25. The Hall–Kier alpha value is -2.08. The molecule has 2 saturated heterocycles. The smallest absolute Gasteiger partial charge is 0.253 e. The number of nitrogens with one attached hydrogen (secondary N) is 2. The van der Waals surface area contributed by atoms with Gasteiger partial charge in [-0.25, -0.2) is 0 Å². The third-order valence-corrected chi connectivity index (χ3v) is 5.52. The fraction of sp³-hybridized carbons (Fsp3) is 0.636. The van der Waals surface area contributed by atoms with E-state index in [1.165, 1.54) is 0 Å². The maximum atomic E-state index is 12.7. The van der Waals surface area contributed by atoms with Gasteiger partial charge in [-0.2, -0.15) is 0 Å². The number of carbonyl (C=O) groups excluding carboxylic acids is 2. The Morgan fingerprint density at radius 3 is 2.50 bits per heavy atom. The third kappa shape index (κ3) is 5.25. The van der Waals surface area contributed by atoms with Gasteiger partial charge in [0.15, 0.2) is 0 Å². The molecular formula is C22H33N3O3. The van der Waals surface area contributed by atoms with E-state index in [9.17, 15) is 9.59 Å².